The predicted molar refractivity (Wildman–Crippen MR) is 67.8 cm³/mol. The van der Waals surface area contributed by atoms with Crippen LogP contribution in [0.15, 0.2) is 0 Å². The van der Waals surface area contributed by atoms with Crippen molar-refractivity contribution >= 4 is 16.1 Å². The number of piperazine rings is 1. The van der Waals surface area contributed by atoms with E-state index in [1.54, 1.807) is 4.90 Å². The van der Waals surface area contributed by atoms with Crippen molar-refractivity contribution in [3.63, 3.8) is 0 Å². The summed E-state index contributed by atoms with van der Waals surface area (Å²) in [6.45, 7) is 1.55. The number of hydrogen-bond acceptors (Lipinski definition) is 3. The number of nitrogens with two attached hydrogens (primary N) is 1. The fraction of sp³-hybridized carbons (Fsp3) is 0.909. The molecule has 0 aromatic rings. The van der Waals surface area contributed by atoms with Crippen LogP contribution in [0.4, 0.5) is 0 Å². The minimum atomic E-state index is -3.60. The summed E-state index contributed by atoms with van der Waals surface area (Å²) >= 11 is 0. The molecule has 18 heavy (non-hydrogen) atoms. The second kappa shape index (κ2) is 5.54. The molecule has 0 bridgehead atoms. The second-order valence-corrected chi connectivity index (χ2v) is 6.73. The zero-order valence-corrected chi connectivity index (χ0v) is 11.4. The van der Waals surface area contributed by atoms with Crippen LogP contribution in [0.3, 0.4) is 0 Å². The summed E-state index contributed by atoms with van der Waals surface area (Å²) in [5, 5.41) is 5.06. The van der Waals surface area contributed by atoms with Gasteiger partial charge in [0.2, 0.25) is 5.91 Å². The van der Waals surface area contributed by atoms with Gasteiger partial charge in [-0.1, -0.05) is 12.8 Å². The molecule has 2 rings (SSSR count). The highest BCUT2D eigenvalue weighted by atomic mass is 32.2. The first-order valence-electron chi connectivity index (χ1n) is 6.52. The summed E-state index contributed by atoms with van der Waals surface area (Å²) in [6, 6.07) is 0. The molecule has 0 atom stereocenters. The minimum absolute atomic E-state index is 0.163. The van der Waals surface area contributed by atoms with Crippen LogP contribution in [0.1, 0.15) is 32.1 Å². The Morgan fingerprint density at radius 2 is 1.67 bits per heavy atom. The van der Waals surface area contributed by atoms with Gasteiger partial charge in [-0.05, 0) is 18.8 Å². The molecule has 1 amide bonds. The number of amides is 1. The van der Waals surface area contributed by atoms with Crippen LogP contribution in [0.5, 0.6) is 0 Å². The third-order valence-electron chi connectivity index (χ3n) is 3.89. The van der Waals surface area contributed by atoms with E-state index >= 15 is 0 Å². The second-order valence-electron chi connectivity index (χ2n) is 5.18. The molecular weight excluding hydrogens is 254 g/mol. The molecule has 2 N–H and O–H groups in total. The lowest BCUT2D eigenvalue weighted by atomic mass is 10.0. The first-order valence-corrected chi connectivity index (χ1v) is 8.03. The van der Waals surface area contributed by atoms with Gasteiger partial charge in [0.15, 0.2) is 0 Å². The van der Waals surface area contributed by atoms with Gasteiger partial charge >= 0.3 is 0 Å². The number of hydrogen-bond donors (Lipinski definition) is 1. The summed E-state index contributed by atoms with van der Waals surface area (Å²) in [5.41, 5.74) is 0. The Morgan fingerprint density at radius 1 is 1.11 bits per heavy atom. The Labute approximate surface area is 108 Å². The van der Waals surface area contributed by atoms with Crippen LogP contribution in [-0.4, -0.2) is 49.7 Å². The molecule has 104 valence electrons. The van der Waals surface area contributed by atoms with Gasteiger partial charge in [0.05, 0.1) is 0 Å². The minimum Gasteiger partial charge on any atom is -0.340 e. The van der Waals surface area contributed by atoms with Crippen LogP contribution < -0.4 is 5.14 Å². The maximum atomic E-state index is 12.0. The van der Waals surface area contributed by atoms with Gasteiger partial charge < -0.3 is 4.90 Å². The van der Waals surface area contributed by atoms with Crippen molar-refractivity contribution in [2.45, 2.75) is 32.1 Å². The van der Waals surface area contributed by atoms with E-state index in [0.29, 0.717) is 38.5 Å². The third kappa shape index (κ3) is 3.43. The van der Waals surface area contributed by atoms with E-state index in [1.165, 1.54) is 17.1 Å². The van der Waals surface area contributed by atoms with Crippen molar-refractivity contribution in [3.05, 3.63) is 0 Å². The van der Waals surface area contributed by atoms with Crippen LogP contribution >= 0.6 is 0 Å². The fourth-order valence-electron chi connectivity index (χ4n) is 2.78. The largest absolute Gasteiger partial charge is 0.340 e. The van der Waals surface area contributed by atoms with Crippen molar-refractivity contribution in [2.24, 2.45) is 11.1 Å². The normalized spacial score (nSPS) is 23.5. The molecule has 1 aliphatic carbocycles. The maximum absolute atomic E-state index is 12.0. The van der Waals surface area contributed by atoms with Crippen LogP contribution in [0.25, 0.3) is 0 Å². The van der Waals surface area contributed by atoms with E-state index in [-0.39, 0.29) is 5.91 Å². The highest BCUT2D eigenvalue weighted by Gasteiger charge is 2.28. The zero-order chi connectivity index (χ0) is 13.2. The van der Waals surface area contributed by atoms with Gasteiger partial charge in [0, 0.05) is 32.6 Å². The van der Waals surface area contributed by atoms with E-state index in [9.17, 15) is 13.2 Å². The third-order valence-corrected chi connectivity index (χ3v) is 4.97. The monoisotopic (exact) mass is 275 g/mol. The van der Waals surface area contributed by atoms with Gasteiger partial charge in [0.1, 0.15) is 0 Å². The van der Waals surface area contributed by atoms with Crippen molar-refractivity contribution in [2.75, 3.05) is 26.2 Å². The molecule has 1 saturated heterocycles. The Kier molecular flexibility index (Phi) is 4.24. The average molecular weight is 275 g/mol. The van der Waals surface area contributed by atoms with Crippen molar-refractivity contribution < 1.29 is 13.2 Å². The molecule has 0 aromatic heterocycles. The molecule has 0 radical (unpaired) electrons. The number of carbonyl (C=O) groups is 1. The lowest BCUT2D eigenvalue weighted by Crippen LogP contribution is -2.52. The Morgan fingerprint density at radius 3 is 2.17 bits per heavy atom. The molecule has 2 aliphatic rings. The summed E-state index contributed by atoms with van der Waals surface area (Å²) in [4.78, 5) is 13.8. The molecule has 1 saturated carbocycles. The summed E-state index contributed by atoms with van der Waals surface area (Å²) in [7, 11) is -3.60. The van der Waals surface area contributed by atoms with Crippen molar-refractivity contribution in [1.29, 1.82) is 0 Å². The summed E-state index contributed by atoms with van der Waals surface area (Å²) in [5.74, 6) is 0.699. The number of carbonyl (C=O) groups excluding carboxylic acids is 1. The first-order chi connectivity index (χ1) is 8.47. The quantitative estimate of drug-likeness (QED) is 0.781. The Bertz CT molecular complexity index is 396. The lowest BCUT2D eigenvalue weighted by Gasteiger charge is -2.33. The van der Waals surface area contributed by atoms with Crippen molar-refractivity contribution in [3.8, 4) is 0 Å². The van der Waals surface area contributed by atoms with E-state index in [4.69, 9.17) is 5.14 Å². The average Bonchev–Trinajstić information content (AvgIpc) is 2.81. The molecular formula is C11H21N3O3S. The molecule has 0 spiro atoms. The molecule has 1 aliphatic heterocycles. The molecule has 1 heterocycles. The molecule has 0 aromatic carbocycles. The highest BCUT2D eigenvalue weighted by Crippen LogP contribution is 2.28. The standard InChI is InChI=1S/C11H21N3O3S/c12-18(16,17)14-7-5-13(6-8-14)11(15)9-10-3-1-2-4-10/h10H,1-9H2,(H2,12,16,17). The lowest BCUT2D eigenvalue weighted by molar-refractivity contribution is -0.133. The molecule has 0 unspecified atom stereocenters. The van der Waals surface area contributed by atoms with Gasteiger partial charge in [-0.2, -0.15) is 12.7 Å². The number of nitrogens with zero attached hydrogens (tertiary/aromatic N) is 2. The zero-order valence-electron chi connectivity index (χ0n) is 10.5. The Hall–Kier alpha value is -0.660. The molecule has 6 nitrogen and oxygen atoms in total. The molecule has 7 heteroatoms. The van der Waals surface area contributed by atoms with Gasteiger partial charge in [-0.15, -0.1) is 0 Å². The first kappa shape index (κ1) is 13.8. The van der Waals surface area contributed by atoms with Gasteiger partial charge in [-0.3, -0.25) is 4.79 Å². The predicted octanol–water partition coefficient (Wildman–Crippen LogP) is -0.0856. The smallest absolute Gasteiger partial charge is 0.277 e. The summed E-state index contributed by atoms with van der Waals surface area (Å²) < 4.78 is 23.5. The van der Waals surface area contributed by atoms with E-state index < -0.39 is 10.2 Å². The topological polar surface area (TPSA) is 83.7 Å². The van der Waals surface area contributed by atoms with E-state index in [2.05, 4.69) is 0 Å². The highest BCUT2D eigenvalue weighted by molar-refractivity contribution is 7.86. The van der Waals surface area contributed by atoms with E-state index in [1.807, 2.05) is 0 Å². The van der Waals surface area contributed by atoms with Gasteiger partial charge in [0.25, 0.3) is 10.2 Å². The van der Waals surface area contributed by atoms with Crippen LogP contribution in [0, 0.1) is 5.92 Å². The van der Waals surface area contributed by atoms with Crippen LogP contribution in [0.2, 0.25) is 0 Å². The van der Waals surface area contributed by atoms with E-state index in [0.717, 1.165) is 12.8 Å². The maximum Gasteiger partial charge on any atom is 0.277 e. The van der Waals surface area contributed by atoms with Crippen LogP contribution in [-0.2, 0) is 15.0 Å². The fourth-order valence-corrected chi connectivity index (χ4v) is 3.45. The van der Waals surface area contributed by atoms with Crippen molar-refractivity contribution in [1.82, 2.24) is 9.21 Å². The SMILES string of the molecule is NS(=O)(=O)N1CCN(C(=O)CC2CCCC2)CC1. The number of rotatable bonds is 3. The molecule has 2 fully saturated rings. The Balaban J connectivity index is 1.80. The van der Waals surface area contributed by atoms with Gasteiger partial charge in [-0.25, -0.2) is 5.14 Å². The summed E-state index contributed by atoms with van der Waals surface area (Å²) in [6.07, 6.45) is 5.40.